The van der Waals surface area contributed by atoms with Crippen molar-refractivity contribution in [2.45, 2.75) is 12.5 Å². The Hall–Kier alpha value is -1.97. The van der Waals surface area contributed by atoms with Crippen LogP contribution in [0.2, 0.25) is 0 Å². The Labute approximate surface area is 131 Å². The Bertz CT molecular complexity index is 536. The molecular formula is C16H23N3O3. The van der Waals surface area contributed by atoms with Gasteiger partial charge in [0.25, 0.3) is 0 Å². The van der Waals surface area contributed by atoms with Crippen LogP contribution >= 0.6 is 0 Å². The highest BCUT2D eigenvalue weighted by molar-refractivity contribution is 5.52. The van der Waals surface area contributed by atoms with Gasteiger partial charge >= 0.3 is 0 Å². The molecule has 6 nitrogen and oxygen atoms in total. The molecule has 1 heterocycles. The monoisotopic (exact) mass is 305 g/mol. The van der Waals surface area contributed by atoms with Crippen molar-refractivity contribution < 1.29 is 14.2 Å². The van der Waals surface area contributed by atoms with E-state index in [0.29, 0.717) is 17.9 Å². The quantitative estimate of drug-likeness (QED) is 0.860. The van der Waals surface area contributed by atoms with Gasteiger partial charge in [-0.2, -0.15) is 5.26 Å². The zero-order valence-electron chi connectivity index (χ0n) is 13.4. The van der Waals surface area contributed by atoms with Crippen LogP contribution in [0.3, 0.4) is 0 Å². The fraction of sp³-hybridized carbons (Fsp3) is 0.562. The van der Waals surface area contributed by atoms with Gasteiger partial charge in [0.2, 0.25) is 0 Å². The molecule has 1 fully saturated rings. The zero-order chi connectivity index (χ0) is 15.9. The van der Waals surface area contributed by atoms with Crippen molar-refractivity contribution in [2.75, 3.05) is 47.5 Å². The molecular weight excluding hydrogens is 282 g/mol. The molecule has 0 amide bonds. The van der Waals surface area contributed by atoms with E-state index in [-0.39, 0.29) is 6.04 Å². The van der Waals surface area contributed by atoms with Crippen LogP contribution in [0.25, 0.3) is 0 Å². The molecule has 0 radical (unpaired) electrons. The van der Waals surface area contributed by atoms with Gasteiger partial charge in [-0.1, -0.05) is 0 Å². The molecule has 22 heavy (non-hydrogen) atoms. The van der Waals surface area contributed by atoms with Gasteiger partial charge in [0.05, 0.1) is 39.9 Å². The Kier molecular flexibility index (Phi) is 5.87. The predicted octanol–water partition coefficient (Wildman–Crippen LogP) is 1.57. The molecule has 1 N–H and O–H groups in total. The molecule has 0 unspecified atom stereocenters. The van der Waals surface area contributed by atoms with E-state index in [0.717, 1.165) is 37.5 Å². The second kappa shape index (κ2) is 7.87. The lowest BCUT2D eigenvalue weighted by Crippen LogP contribution is -2.45. The summed E-state index contributed by atoms with van der Waals surface area (Å²) in [6.45, 7) is 3.67. The molecule has 1 saturated heterocycles. The maximum absolute atomic E-state index is 9.23. The number of benzene rings is 1. The number of nitrogens with zero attached hydrogens (tertiary/aromatic N) is 2. The van der Waals surface area contributed by atoms with Gasteiger partial charge in [-0.25, -0.2) is 0 Å². The topological polar surface area (TPSA) is 66.8 Å². The van der Waals surface area contributed by atoms with E-state index < -0.39 is 0 Å². The molecule has 120 valence electrons. The molecule has 0 aliphatic carbocycles. The molecule has 2 rings (SSSR count). The summed E-state index contributed by atoms with van der Waals surface area (Å²) in [7, 11) is 4.84. The van der Waals surface area contributed by atoms with Crippen molar-refractivity contribution in [3.05, 3.63) is 17.7 Å². The maximum atomic E-state index is 9.23. The summed E-state index contributed by atoms with van der Waals surface area (Å²) >= 11 is 0. The molecule has 1 aliphatic heterocycles. The van der Waals surface area contributed by atoms with E-state index >= 15 is 0 Å². The maximum Gasteiger partial charge on any atom is 0.164 e. The van der Waals surface area contributed by atoms with Crippen molar-refractivity contribution in [1.82, 2.24) is 10.2 Å². The lowest BCUT2D eigenvalue weighted by atomic mass is 9.99. The number of hydrogen-bond donors (Lipinski definition) is 1. The third-order valence-electron chi connectivity index (χ3n) is 3.97. The average Bonchev–Trinajstić information content (AvgIpc) is 2.59. The molecule has 0 bridgehead atoms. The Morgan fingerprint density at radius 3 is 2.23 bits per heavy atom. The SMILES string of the molecule is COc1cc(OC)c([C@H](CC#N)N2CCNCC2)cc1OC. The van der Waals surface area contributed by atoms with Crippen molar-refractivity contribution in [3.8, 4) is 23.3 Å². The highest BCUT2D eigenvalue weighted by atomic mass is 16.5. The number of rotatable bonds is 6. The van der Waals surface area contributed by atoms with Gasteiger partial charge in [-0.15, -0.1) is 0 Å². The van der Waals surface area contributed by atoms with Crippen molar-refractivity contribution in [3.63, 3.8) is 0 Å². The first-order chi connectivity index (χ1) is 10.7. The van der Waals surface area contributed by atoms with Crippen molar-refractivity contribution >= 4 is 0 Å². The number of ether oxygens (including phenoxy) is 3. The van der Waals surface area contributed by atoms with E-state index in [1.807, 2.05) is 12.1 Å². The van der Waals surface area contributed by atoms with Crippen LogP contribution in [0.5, 0.6) is 17.2 Å². The lowest BCUT2D eigenvalue weighted by Gasteiger charge is -2.34. The van der Waals surface area contributed by atoms with E-state index in [4.69, 9.17) is 14.2 Å². The van der Waals surface area contributed by atoms with Crippen LogP contribution in [0.1, 0.15) is 18.0 Å². The predicted molar refractivity (Wildman–Crippen MR) is 83.5 cm³/mol. The summed E-state index contributed by atoms with van der Waals surface area (Å²) in [6.07, 6.45) is 0.409. The van der Waals surface area contributed by atoms with E-state index in [1.54, 1.807) is 21.3 Å². The average molecular weight is 305 g/mol. The van der Waals surface area contributed by atoms with Gasteiger partial charge in [-0.3, -0.25) is 4.90 Å². The summed E-state index contributed by atoms with van der Waals surface area (Å²) < 4.78 is 16.2. The van der Waals surface area contributed by atoms with Crippen molar-refractivity contribution in [1.29, 1.82) is 5.26 Å². The highest BCUT2D eigenvalue weighted by Gasteiger charge is 2.26. The number of nitrogens with one attached hydrogen (secondary N) is 1. The van der Waals surface area contributed by atoms with Crippen molar-refractivity contribution in [2.24, 2.45) is 0 Å². The zero-order valence-corrected chi connectivity index (χ0v) is 13.4. The van der Waals surface area contributed by atoms with E-state index in [9.17, 15) is 5.26 Å². The summed E-state index contributed by atoms with van der Waals surface area (Å²) in [5.74, 6) is 1.99. The summed E-state index contributed by atoms with van der Waals surface area (Å²) in [6, 6.07) is 6.02. The molecule has 1 atom stereocenters. The first-order valence-corrected chi connectivity index (χ1v) is 7.36. The number of hydrogen-bond acceptors (Lipinski definition) is 6. The van der Waals surface area contributed by atoms with Crippen LogP contribution in [0, 0.1) is 11.3 Å². The molecule has 0 spiro atoms. The first kappa shape index (κ1) is 16.4. The third-order valence-corrected chi connectivity index (χ3v) is 3.97. The smallest absolute Gasteiger partial charge is 0.164 e. The van der Waals surface area contributed by atoms with E-state index in [1.165, 1.54) is 0 Å². The summed E-state index contributed by atoms with van der Waals surface area (Å²) in [5, 5.41) is 12.6. The molecule has 1 aliphatic rings. The van der Waals surface area contributed by atoms with Crippen LogP contribution < -0.4 is 19.5 Å². The normalized spacial score (nSPS) is 16.6. The summed E-state index contributed by atoms with van der Waals surface area (Å²) in [4.78, 5) is 2.31. The van der Waals surface area contributed by atoms with Gasteiger partial charge < -0.3 is 19.5 Å². The van der Waals surface area contributed by atoms with E-state index in [2.05, 4.69) is 16.3 Å². The van der Waals surface area contributed by atoms with Crippen LogP contribution in [0.15, 0.2) is 12.1 Å². The molecule has 0 aromatic heterocycles. The highest BCUT2D eigenvalue weighted by Crippen LogP contribution is 2.40. The van der Waals surface area contributed by atoms with Gasteiger partial charge in [0, 0.05) is 37.8 Å². The minimum absolute atomic E-state index is 0.0122. The molecule has 0 saturated carbocycles. The minimum Gasteiger partial charge on any atom is -0.496 e. The van der Waals surface area contributed by atoms with Gasteiger partial charge in [0.15, 0.2) is 11.5 Å². The second-order valence-corrected chi connectivity index (χ2v) is 5.11. The standard InChI is InChI=1S/C16H23N3O3/c1-20-14-11-16(22-3)15(21-2)10-12(14)13(4-5-17)19-8-6-18-7-9-19/h10-11,13,18H,4,6-9H2,1-3H3/t13-/m0/s1. The van der Waals surface area contributed by atoms with Crippen LogP contribution in [-0.2, 0) is 0 Å². The number of nitriles is 1. The first-order valence-electron chi connectivity index (χ1n) is 7.36. The van der Waals surface area contributed by atoms with Crippen LogP contribution in [-0.4, -0.2) is 52.4 Å². The fourth-order valence-corrected chi connectivity index (χ4v) is 2.83. The Morgan fingerprint density at radius 2 is 1.68 bits per heavy atom. The third kappa shape index (κ3) is 3.43. The van der Waals surface area contributed by atoms with Gasteiger partial charge in [0.1, 0.15) is 5.75 Å². The summed E-state index contributed by atoms with van der Waals surface area (Å²) in [5.41, 5.74) is 0.962. The minimum atomic E-state index is -0.0122. The largest absolute Gasteiger partial charge is 0.496 e. The second-order valence-electron chi connectivity index (χ2n) is 5.11. The Morgan fingerprint density at radius 1 is 1.09 bits per heavy atom. The number of methoxy groups -OCH3 is 3. The molecule has 1 aromatic rings. The van der Waals surface area contributed by atoms with Crippen LogP contribution in [0.4, 0.5) is 0 Å². The van der Waals surface area contributed by atoms with Gasteiger partial charge in [-0.05, 0) is 6.07 Å². The molecule has 6 heteroatoms. The fourth-order valence-electron chi connectivity index (χ4n) is 2.83. The number of piperazine rings is 1. The Balaban J connectivity index is 2.42. The molecule has 1 aromatic carbocycles. The lowest BCUT2D eigenvalue weighted by molar-refractivity contribution is 0.172.